The number of rotatable bonds is 6. The van der Waals surface area contributed by atoms with Gasteiger partial charge in [0, 0.05) is 23.5 Å². The predicted octanol–water partition coefficient (Wildman–Crippen LogP) is 2.77. The van der Waals surface area contributed by atoms with Gasteiger partial charge in [-0.15, -0.1) is 11.3 Å². The average Bonchev–Trinajstić information content (AvgIpc) is 2.96. The molecule has 1 aliphatic heterocycles. The second kappa shape index (κ2) is 8.64. The lowest BCUT2D eigenvalue weighted by atomic mass is 9.98. The molecule has 0 radical (unpaired) electrons. The number of likely N-dealkylation sites (tertiary alicyclic amines) is 1. The topological polar surface area (TPSA) is 52.6 Å². The molecule has 5 nitrogen and oxygen atoms in total. The summed E-state index contributed by atoms with van der Waals surface area (Å²) >= 11 is 1.67. The van der Waals surface area contributed by atoms with Crippen LogP contribution in [0.3, 0.4) is 0 Å². The van der Waals surface area contributed by atoms with Crippen LogP contribution in [-0.4, -0.2) is 47.6 Å². The largest absolute Gasteiger partial charge is 0.357 e. The van der Waals surface area contributed by atoms with E-state index >= 15 is 0 Å². The summed E-state index contributed by atoms with van der Waals surface area (Å²) in [5, 5.41) is 6.87. The third-order valence-corrected chi connectivity index (χ3v) is 5.39. The number of nitrogens with zero attached hydrogens (tertiary/aromatic N) is 3. The number of aliphatic imine (C=N–C) groups is 1. The molecule has 1 aromatic heterocycles. The van der Waals surface area contributed by atoms with Gasteiger partial charge in [0.05, 0.1) is 17.7 Å². The van der Waals surface area contributed by atoms with Gasteiger partial charge in [-0.05, 0) is 53.6 Å². The Morgan fingerprint density at radius 3 is 2.65 bits per heavy atom. The molecule has 2 N–H and O–H groups in total. The first-order valence-corrected chi connectivity index (χ1v) is 9.57. The Bertz CT molecular complexity index is 503. The van der Waals surface area contributed by atoms with E-state index in [-0.39, 0.29) is 5.54 Å². The van der Waals surface area contributed by atoms with Crippen molar-refractivity contribution in [2.75, 3.05) is 26.2 Å². The molecule has 130 valence electrons. The Morgan fingerprint density at radius 2 is 2.04 bits per heavy atom. The fraction of sp³-hybridized carbons (Fsp3) is 0.765. The van der Waals surface area contributed by atoms with Crippen LogP contribution in [-0.2, 0) is 6.54 Å². The third-order valence-electron chi connectivity index (χ3n) is 4.47. The van der Waals surface area contributed by atoms with E-state index in [9.17, 15) is 0 Å². The summed E-state index contributed by atoms with van der Waals surface area (Å²) < 4.78 is 0. The summed E-state index contributed by atoms with van der Waals surface area (Å²) in [7, 11) is 0. The second-order valence-corrected chi connectivity index (χ2v) is 7.71. The monoisotopic (exact) mass is 337 g/mol. The van der Waals surface area contributed by atoms with E-state index < -0.39 is 0 Å². The normalized spacial score (nSPS) is 17.3. The van der Waals surface area contributed by atoms with E-state index in [0.717, 1.165) is 24.7 Å². The molecule has 0 unspecified atom stereocenters. The first-order valence-electron chi connectivity index (χ1n) is 8.69. The van der Waals surface area contributed by atoms with Crippen LogP contribution >= 0.6 is 11.3 Å². The molecule has 1 aliphatic rings. The van der Waals surface area contributed by atoms with Crippen LogP contribution in [0.25, 0.3) is 0 Å². The molecule has 0 aliphatic carbocycles. The quantitative estimate of drug-likeness (QED) is 0.619. The van der Waals surface area contributed by atoms with Crippen LogP contribution in [0.1, 0.15) is 50.6 Å². The molecular weight excluding hydrogens is 306 g/mol. The number of guanidine groups is 1. The van der Waals surface area contributed by atoms with E-state index in [1.165, 1.54) is 37.2 Å². The molecule has 1 aromatic rings. The van der Waals surface area contributed by atoms with Gasteiger partial charge >= 0.3 is 0 Å². The van der Waals surface area contributed by atoms with Gasteiger partial charge in [-0.3, -0.25) is 4.90 Å². The highest BCUT2D eigenvalue weighted by atomic mass is 32.1. The van der Waals surface area contributed by atoms with Crippen molar-refractivity contribution >= 4 is 17.3 Å². The minimum atomic E-state index is 0.150. The second-order valence-electron chi connectivity index (χ2n) is 6.77. The van der Waals surface area contributed by atoms with Crippen LogP contribution in [0.5, 0.6) is 0 Å². The predicted molar refractivity (Wildman–Crippen MR) is 99.2 cm³/mol. The van der Waals surface area contributed by atoms with Gasteiger partial charge < -0.3 is 10.6 Å². The SMILES string of the molecule is CCNC(=NCc1scnc1C)NCC(C)(C)N1CCCCC1. The average molecular weight is 338 g/mol. The van der Waals surface area contributed by atoms with Gasteiger partial charge in [-0.2, -0.15) is 0 Å². The third kappa shape index (κ3) is 5.46. The molecule has 1 saturated heterocycles. The van der Waals surface area contributed by atoms with Crippen molar-refractivity contribution in [1.29, 1.82) is 0 Å². The Hall–Kier alpha value is -1.14. The molecule has 6 heteroatoms. The zero-order valence-electron chi connectivity index (χ0n) is 15.0. The van der Waals surface area contributed by atoms with Crippen LogP contribution in [0, 0.1) is 6.92 Å². The van der Waals surface area contributed by atoms with Gasteiger partial charge in [0.2, 0.25) is 0 Å². The first-order chi connectivity index (χ1) is 11.0. The van der Waals surface area contributed by atoms with Crippen molar-refractivity contribution in [1.82, 2.24) is 20.5 Å². The van der Waals surface area contributed by atoms with E-state index in [1.54, 1.807) is 11.3 Å². The maximum atomic E-state index is 4.71. The van der Waals surface area contributed by atoms with E-state index in [2.05, 4.69) is 41.3 Å². The van der Waals surface area contributed by atoms with Crippen LogP contribution in [0.2, 0.25) is 0 Å². The standard InChI is InChI=1S/C17H31N5S/c1-5-18-16(19-11-15-14(2)21-13-23-15)20-12-17(3,4)22-9-7-6-8-10-22/h13H,5-12H2,1-4H3,(H2,18,19,20). The summed E-state index contributed by atoms with van der Waals surface area (Å²) in [5.41, 5.74) is 3.13. The van der Waals surface area contributed by atoms with Crippen molar-refractivity contribution in [3.63, 3.8) is 0 Å². The van der Waals surface area contributed by atoms with Gasteiger partial charge in [-0.25, -0.2) is 9.98 Å². The fourth-order valence-electron chi connectivity index (χ4n) is 2.88. The van der Waals surface area contributed by atoms with Crippen molar-refractivity contribution in [3.05, 3.63) is 16.1 Å². The summed E-state index contributed by atoms with van der Waals surface area (Å²) in [5.74, 6) is 0.894. The minimum Gasteiger partial charge on any atom is -0.357 e. The molecule has 23 heavy (non-hydrogen) atoms. The lowest BCUT2D eigenvalue weighted by Crippen LogP contribution is -2.54. The maximum absolute atomic E-state index is 4.71. The van der Waals surface area contributed by atoms with Crippen molar-refractivity contribution in [2.45, 2.75) is 59.0 Å². The number of piperidine rings is 1. The number of aryl methyl sites for hydroxylation is 1. The number of hydrogen-bond donors (Lipinski definition) is 2. The van der Waals surface area contributed by atoms with E-state index in [0.29, 0.717) is 6.54 Å². The van der Waals surface area contributed by atoms with Gasteiger partial charge in [0.1, 0.15) is 0 Å². The first kappa shape index (κ1) is 18.2. The van der Waals surface area contributed by atoms with E-state index in [4.69, 9.17) is 4.99 Å². The molecule has 0 atom stereocenters. The van der Waals surface area contributed by atoms with E-state index in [1.807, 2.05) is 12.4 Å². The highest BCUT2D eigenvalue weighted by Gasteiger charge is 2.27. The Balaban J connectivity index is 1.91. The van der Waals surface area contributed by atoms with Crippen LogP contribution in [0.4, 0.5) is 0 Å². The Labute approximate surface area is 144 Å². The number of thiazole rings is 1. The summed E-state index contributed by atoms with van der Waals surface area (Å²) in [6.45, 7) is 13.7. The lowest BCUT2D eigenvalue weighted by molar-refractivity contribution is 0.0982. The zero-order valence-corrected chi connectivity index (χ0v) is 15.8. The molecule has 2 heterocycles. The molecule has 0 bridgehead atoms. The van der Waals surface area contributed by atoms with Crippen molar-refractivity contribution in [2.24, 2.45) is 4.99 Å². The number of hydrogen-bond acceptors (Lipinski definition) is 4. The Kier molecular flexibility index (Phi) is 6.84. The van der Waals surface area contributed by atoms with Crippen molar-refractivity contribution in [3.8, 4) is 0 Å². The highest BCUT2D eigenvalue weighted by Crippen LogP contribution is 2.19. The molecule has 1 fully saturated rings. The van der Waals surface area contributed by atoms with Gasteiger partial charge in [0.25, 0.3) is 0 Å². The smallest absolute Gasteiger partial charge is 0.191 e. The van der Waals surface area contributed by atoms with Crippen molar-refractivity contribution < 1.29 is 0 Å². The van der Waals surface area contributed by atoms with Crippen LogP contribution < -0.4 is 10.6 Å². The number of aromatic nitrogens is 1. The van der Waals surface area contributed by atoms with Crippen LogP contribution in [0.15, 0.2) is 10.5 Å². The summed E-state index contributed by atoms with van der Waals surface area (Å²) in [4.78, 5) is 12.8. The molecule has 0 aromatic carbocycles. The van der Waals surface area contributed by atoms with Gasteiger partial charge in [0.15, 0.2) is 5.96 Å². The molecule has 0 saturated carbocycles. The molecule has 2 rings (SSSR count). The summed E-state index contributed by atoms with van der Waals surface area (Å²) in [6, 6.07) is 0. The van der Waals surface area contributed by atoms with Gasteiger partial charge in [-0.1, -0.05) is 6.42 Å². The maximum Gasteiger partial charge on any atom is 0.191 e. The minimum absolute atomic E-state index is 0.150. The molecule has 0 spiro atoms. The molecular formula is C17H31N5S. The number of nitrogens with one attached hydrogen (secondary N) is 2. The molecule has 0 amide bonds. The Morgan fingerprint density at radius 1 is 1.30 bits per heavy atom. The fourth-order valence-corrected chi connectivity index (χ4v) is 3.58. The summed E-state index contributed by atoms with van der Waals surface area (Å²) in [6.07, 6.45) is 4.02. The lowest BCUT2D eigenvalue weighted by Gasteiger charge is -2.41. The highest BCUT2D eigenvalue weighted by molar-refractivity contribution is 7.09. The zero-order chi connectivity index (χ0) is 16.7.